The molecule has 1 aromatic carbocycles. The number of benzene rings is 1. The number of hydrogen-bond donors (Lipinski definition) is 2. The summed E-state index contributed by atoms with van der Waals surface area (Å²) in [5, 5.41) is 4.66. The summed E-state index contributed by atoms with van der Waals surface area (Å²) in [5.41, 5.74) is 2.16. The van der Waals surface area contributed by atoms with Crippen LogP contribution in [0.1, 0.15) is 26.3 Å². The zero-order valence-electron chi connectivity index (χ0n) is 13.5. The fourth-order valence-corrected chi connectivity index (χ4v) is 4.02. The topological polar surface area (TPSA) is 70.6 Å². The molecule has 124 valence electrons. The van der Waals surface area contributed by atoms with Crippen LogP contribution in [0.25, 0.3) is 0 Å². The molecule has 0 saturated carbocycles. The number of aliphatic imine (C=N–C) groups is 1. The van der Waals surface area contributed by atoms with E-state index >= 15 is 0 Å². The number of amides is 3. The van der Waals surface area contributed by atoms with Gasteiger partial charge in [0, 0.05) is 12.3 Å². The van der Waals surface area contributed by atoms with E-state index in [0.717, 1.165) is 15.8 Å². The molecule has 0 bridgehead atoms. The normalized spacial score (nSPS) is 14.7. The Morgan fingerprint density at radius 2 is 2.04 bits per heavy atom. The smallest absolute Gasteiger partial charge is 0.321 e. The van der Waals surface area contributed by atoms with E-state index in [1.165, 1.54) is 17.3 Å². The first-order valence-corrected chi connectivity index (χ1v) is 9.37. The minimum atomic E-state index is -0.445. The number of thioether (sulfide) groups is 2. The Kier molecular flexibility index (Phi) is 6.53. The maximum absolute atomic E-state index is 12.1. The molecule has 7 heteroatoms. The highest BCUT2D eigenvalue weighted by Gasteiger charge is 2.21. The third-order valence-corrected chi connectivity index (χ3v) is 5.41. The molecule has 0 fully saturated rings. The van der Waals surface area contributed by atoms with Crippen LogP contribution in [0.15, 0.2) is 29.3 Å². The Balaban J connectivity index is 1.87. The maximum Gasteiger partial charge on any atom is 0.321 e. The number of carbonyl (C=O) groups is 2. The van der Waals surface area contributed by atoms with Crippen LogP contribution in [-0.2, 0) is 10.5 Å². The molecule has 1 aliphatic rings. The molecule has 1 heterocycles. The Morgan fingerprint density at radius 1 is 1.30 bits per heavy atom. The Bertz CT molecular complexity index is 617. The first kappa shape index (κ1) is 17.9. The van der Waals surface area contributed by atoms with E-state index in [1.54, 1.807) is 18.7 Å². The Morgan fingerprint density at radius 3 is 2.78 bits per heavy atom. The number of hydrogen-bond acceptors (Lipinski definition) is 5. The number of carbonyl (C=O) groups excluding carboxylic acids is 2. The van der Waals surface area contributed by atoms with Crippen LogP contribution in [0.2, 0.25) is 0 Å². The lowest BCUT2D eigenvalue weighted by Gasteiger charge is -2.17. The lowest BCUT2D eigenvalue weighted by atomic mass is 10.2. The predicted molar refractivity (Wildman–Crippen MR) is 98.3 cm³/mol. The zero-order chi connectivity index (χ0) is 16.8. The fraction of sp³-hybridized carbons (Fsp3) is 0.438. The van der Waals surface area contributed by atoms with Crippen molar-refractivity contribution in [3.63, 3.8) is 0 Å². The number of nitrogens with one attached hydrogen (secondary N) is 2. The van der Waals surface area contributed by atoms with E-state index in [-0.39, 0.29) is 11.2 Å². The largest absolute Gasteiger partial charge is 0.338 e. The van der Waals surface area contributed by atoms with Crippen LogP contribution in [0.3, 0.4) is 0 Å². The molecule has 1 unspecified atom stereocenters. The van der Waals surface area contributed by atoms with Gasteiger partial charge in [-0.15, -0.1) is 0 Å². The summed E-state index contributed by atoms with van der Waals surface area (Å²) in [7, 11) is 0. The Hall–Kier alpha value is -1.47. The van der Waals surface area contributed by atoms with Crippen LogP contribution in [0, 0.1) is 5.92 Å². The Labute approximate surface area is 145 Å². The highest BCUT2D eigenvalue weighted by molar-refractivity contribution is 8.39. The first-order chi connectivity index (χ1) is 11.0. The van der Waals surface area contributed by atoms with Crippen LogP contribution >= 0.6 is 23.5 Å². The highest BCUT2D eigenvalue weighted by atomic mass is 32.2. The molecule has 2 rings (SSSR count). The first-order valence-electron chi connectivity index (χ1n) is 7.50. The van der Waals surface area contributed by atoms with Gasteiger partial charge in [-0.1, -0.05) is 55.6 Å². The minimum Gasteiger partial charge on any atom is -0.338 e. The second kappa shape index (κ2) is 8.40. The van der Waals surface area contributed by atoms with Gasteiger partial charge in [0.2, 0.25) is 5.91 Å². The van der Waals surface area contributed by atoms with Crippen molar-refractivity contribution in [1.29, 1.82) is 0 Å². The van der Waals surface area contributed by atoms with Gasteiger partial charge in [-0.25, -0.2) is 9.79 Å². The molecule has 5 nitrogen and oxygen atoms in total. The molecule has 1 aliphatic heterocycles. The van der Waals surface area contributed by atoms with Crippen molar-refractivity contribution >= 4 is 45.5 Å². The average Bonchev–Trinajstić information content (AvgIpc) is 2.52. The molecule has 1 aromatic rings. The molecule has 2 N–H and O–H groups in total. The summed E-state index contributed by atoms with van der Waals surface area (Å²) >= 11 is 3.00. The quantitative estimate of drug-likeness (QED) is 0.871. The van der Waals surface area contributed by atoms with Gasteiger partial charge in [-0.05, 0) is 24.5 Å². The molecule has 0 saturated heterocycles. The van der Waals surface area contributed by atoms with Crippen molar-refractivity contribution in [2.45, 2.75) is 31.8 Å². The molecule has 0 aromatic heterocycles. The average molecular weight is 351 g/mol. The summed E-state index contributed by atoms with van der Waals surface area (Å²) in [5.74, 6) is 0.889. The van der Waals surface area contributed by atoms with Crippen molar-refractivity contribution in [3.05, 3.63) is 29.8 Å². The molecule has 0 radical (unpaired) electrons. The molecular weight excluding hydrogens is 330 g/mol. The highest BCUT2D eigenvalue weighted by Crippen LogP contribution is 2.35. The number of urea groups is 1. The molecule has 3 amide bonds. The van der Waals surface area contributed by atoms with E-state index in [9.17, 15) is 9.59 Å². The van der Waals surface area contributed by atoms with Gasteiger partial charge in [0.25, 0.3) is 0 Å². The number of rotatable bonds is 4. The predicted octanol–water partition coefficient (Wildman–Crippen LogP) is 3.52. The monoisotopic (exact) mass is 351 g/mol. The summed E-state index contributed by atoms with van der Waals surface area (Å²) < 4.78 is 0.855. The second-order valence-corrected chi connectivity index (χ2v) is 8.20. The second-order valence-electron chi connectivity index (χ2n) is 5.65. The van der Waals surface area contributed by atoms with Gasteiger partial charge < -0.3 is 5.32 Å². The van der Waals surface area contributed by atoms with Crippen molar-refractivity contribution in [2.24, 2.45) is 10.9 Å². The molecular formula is C16H21N3O2S2. The van der Waals surface area contributed by atoms with Crippen molar-refractivity contribution in [2.75, 3.05) is 6.54 Å². The zero-order valence-corrected chi connectivity index (χ0v) is 15.1. The van der Waals surface area contributed by atoms with Gasteiger partial charge in [0.15, 0.2) is 0 Å². The summed E-state index contributed by atoms with van der Waals surface area (Å²) in [6, 6.07) is 7.54. The van der Waals surface area contributed by atoms with E-state index in [1.807, 2.05) is 32.0 Å². The SMILES string of the molecule is CC(C)CNC(=O)NC(=O)C(C)SC1=Nc2ccccc2CS1. The van der Waals surface area contributed by atoms with Crippen molar-refractivity contribution in [1.82, 2.24) is 10.6 Å². The number of nitrogens with zero attached hydrogens (tertiary/aromatic N) is 1. The standard InChI is InChI=1S/C16H21N3O2S2/c1-10(2)8-17-15(21)19-14(20)11(3)23-16-18-13-7-5-4-6-12(13)9-22-16/h4-7,10-11H,8-9H2,1-3H3,(H2,17,19,20,21). The molecule has 1 atom stereocenters. The van der Waals surface area contributed by atoms with Gasteiger partial charge in [-0.3, -0.25) is 10.1 Å². The van der Waals surface area contributed by atoms with E-state index < -0.39 is 6.03 Å². The maximum atomic E-state index is 12.1. The van der Waals surface area contributed by atoms with Crippen molar-refractivity contribution in [3.8, 4) is 0 Å². The van der Waals surface area contributed by atoms with Crippen molar-refractivity contribution < 1.29 is 9.59 Å². The summed E-state index contributed by atoms with van der Waals surface area (Å²) in [6.07, 6.45) is 0. The number of fused-ring (bicyclic) bond motifs is 1. The third kappa shape index (κ3) is 5.58. The number of para-hydroxylation sites is 1. The summed E-state index contributed by atoms with van der Waals surface area (Å²) in [6.45, 7) is 6.31. The van der Waals surface area contributed by atoms with Crippen LogP contribution < -0.4 is 10.6 Å². The minimum absolute atomic E-state index is 0.307. The van der Waals surface area contributed by atoms with E-state index in [4.69, 9.17) is 0 Å². The van der Waals surface area contributed by atoms with Gasteiger partial charge in [0.05, 0.1) is 10.9 Å². The van der Waals surface area contributed by atoms with E-state index in [0.29, 0.717) is 12.5 Å². The molecule has 0 spiro atoms. The van der Waals surface area contributed by atoms with Gasteiger partial charge in [0.1, 0.15) is 4.38 Å². The lowest BCUT2D eigenvalue weighted by molar-refractivity contribution is -0.119. The van der Waals surface area contributed by atoms with Crippen LogP contribution in [0.4, 0.5) is 10.5 Å². The van der Waals surface area contributed by atoms with E-state index in [2.05, 4.69) is 21.7 Å². The van der Waals surface area contributed by atoms with Gasteiger partial charge >= 0.3 is 6.03 Å². The molecule has 23 heavy (non-hydrogen) atoms. The van der Waals surface area contributed by atoms with Gasteiger partial charge in [-0.2, -0.15) is 0 Å². The third-order valence-electron chi connectivity index (χ3n) is 3.11. The molecule has 0 aliphatic carbocycles. The van der Waals surface area contributed by atoms with Crippen LogP contribution in [-0.4, -0.2) is 28.1 Å². The van der Waals surface area contributed by atoms with Crippen LogP contribution in [0.5, 0.6) is 0 Å². The number of imide groups is 1. The lowest BCUT2D eigenvalue weighted by Crippen LogP contribution is -2.43. The fourth-order valence-electron chi connectivity index (χ4n) is 1.83. The summed E-state index contributed by atoms with van der Waals surface area (Å²) in [4.78, 5) is 28.3.